The number of ether oxygens (including phenoxy) is 1. The molecule has 0 fully saturated rings. The first-order chi connectivity index (χ1) is 4.41. The van der Waals surface area contributed by atoms with E-state index in [1.165, 1.54) is 0 Å². The lowest BCUT2D eigenvalue weighted by Crippen LogP contribution is -1.88. The van der Waals surface area contributed by atoms with Crippen LogP contribution in [0.3, 0.4) is 0 Å². The number of aliphatic hydroxyl groups excluding tert-OH is 1. The fraction of sp³-hybridized carbons (Fsp3) is 1.00. The third-order valence-electron chi connectivity index (χ3n) is 0.898. The SMILES string of the molecule is COCSCCCCO. The molecule has 0 saturated carbocycles. The van der Waals surface area contributed by atoms with Crippen molar-refractivity contribution in [2.45, 2.75) is 12.8 Å². The molecule has 0 saturated heterocycles. The molecule has 0 bridgehead atoms. The number of hydrogen-bond acceptors (Lipinski definition) is 3. The van der Waals surface area contributed by atoms with E-state index < -0.39 is 0 Å². The first kappa shape index (κ1) is 9.27. The summed E-state index contributed by atoms with van der Waals surface area (Å²) in [4.78, 5) is 0. The van der Waals surface area contributed by atoms with Crippen LogP contribution >= 0.6 is 11.8 Å². The van der Waals surface area contributed by atoms with Crippen molar-refractivity contribution in [3.8, 4) is 0 Å². The summed E-state index contributed by atoms with van der Waals surface area (Å²) in [6.45, 7) is 0.313. The normalized spacial score (nSPS) is 10.0. The fourth-order valence-corrected chi connectivity index (χ4v) is 1.15. The fourth-order valence-electron chi connectivity index (χ4n) is 0.458. The van der Waals surface area contributed by atoms with Crippen LogP contribution in [-0.4, -0.2) is 30.5 Å². The lowest BCUT2D eigenvalue weighted by molar-refractivity contribution is 0.258. The molecule has 0 aliphatic rings. The second-order valence-corrected chi connectivity index (χ2v) is 2.80. The van der Waals surface area contributed by atoms with Crippen molar-refractivity contribution >= 4 is 11.8 Å². The second kappa shape index (κ2) is 8.27. The van der Waals surface area contributed by atoms with Gasteiger partial charge in [-0.2, -0.15) is 0 Å². The zero-order valence-electron chi connectivity index (χ0n) is 5.80. The number of aliphatic hydroxyl groups is 1. The summed E-state index contributed by atoms with van der Waals surface area (Å²) in [5.41, 5.74) is 0. The lowest BCUT2D eigenvalue weighted by atomic mass is 10.4. The van der Waals surface area contributed by atoms with Crippen molar-refractivity contribution in [2.75, 3.05) is 25.4 Å². The summed E-state index contributed by atoms with van der Waals surface area (Å²) < 4.78 is 4.82. The quantitative estimate of drug-likeness (QED) is 0.454. The Morgan fingerprint density at radius 2 is 2.22 bits per heavy atom. The van der Waals surface area contributed by atoms with Crippen LogP contribution in [0, 0.1) is 0 Å². The topological polar surface area (TPSA) is 29.5 Å². The zero-order valence-corrected chi connectivity index (χ0v) is 6.62. The predicted molar refractivity (Wildman–Crippen MR) is 40.7 cm³/mol. The van der Waals surface area contributed by atoms with Crippen LogP contribution in [0.15, 0.2) is 0 Å². The molecule has 0 aliphatic heterocycles. The number of unbranched alkanes of at least 4 members (excludes halogenated alkanes) is 1. The Labute approximate surface area is 60.6 Å². The zero-order chi connectivity index (χ0) is 6.95. The summed E-state index contributed by atoms with van der Waals surface area (Å²) in [6.07, 6.45) is 2.00. The van der Waals surface area contributed by atoms with Crippen molar-refractivity contribution in [3.63, 3.8) is 0 Å². The molecular weight excluding hydrogens is 136 g/mol. The van der Waals surface area contributed by atoms with Gasteiger partial charge in [-0.15, -0.1) is 11.8 Å². The highest BCUT2D eigenvalue weighted by Crippen LogP contribution is 2.02. The molecule has 0 aromatic carbocycles. The summed E-state index contributed by atoms with van der Waals surface area (Å²) in [5.74, 6) is 1.86. The van der Waals surface area contributed by atoms with Crippen LogP contribution in [0.2, 0.25) is 0 Å². The van der Waals surface area contributed by atoms with E-state index in [9.17, 15) is 0 Å². The van der Waals surface area contributed by atoms with Crippen molar-refractivity contribution in [1.82, 2.24) is 0 Å². The number of thioether (sulfide) groups is 1. The van der Waals surface area contributed by atoms with Crippen LogP contribution in [0.25, 0.3) is 0 Å². The van der Waals surface area contributed by atoms with Crippen LogP contribution in [0.4, 0.5) is 0 Å². The van der Waals surface area contributed by atoms with Gasteiger partial charge in [0.05, 0.1) is 5.94 Å². The minimum Gasteiger partial charge on any atom is -0.396 e. The van der Waals surface area contributed by atoms with Gasteiger partial charge in [0.15, 0.2) is 0 Å². The molecule has 0 spiro atoms. The Bertz CT molecular complexity index is 44.3. The van der Waals surface area contributed by atoms with Crippen molar-refractivity contribution in [3.05, 3.63) is 0 Å². The second-order valence-electron chi connectivity index (χ2n) is 1.75. The number of hydrogen-bond donors (Lipinski definition) is 1. The number of methoxy groups -OCH3 is 1. The Balaban J connectivity index is 2.60. The molecule has 0 radical (unpaired) electrons. The molecule has 0 heterocycles. The molecule has 0 unspecified atom stereocenters. The summed E-state index contributed by atoms with van der Waals surface area (Å²) >= 11 is 1.76. The average Bonchev–Trinajstić information content (AvgIpc) is 1.89. The van der Waals surface area contributed by atoms with E-state index in [1.807, 2.05) is 0 Å². The monoisotopic (exact) mass is 150 g/mol. The van der Waals surface area contributed by atoms with E-state index in [1.54, 1.807) is 18.9 Å². The van der Waals surface area contributed by atoms with E-state index in [2.05, 4.69) is 0 Å². The molecular formula is C6H14O2S. The van der Waals surface area contributed by atoms with Gasteiger partial charge in [-0.1, -0.05) is 0 Å². The van der Waals surface area contributed by atoms with Gasteiger partial charge in [-0.3, -0.25) is 0 Å². The molecule has 1 N–H and O–H groups in total. The molecule has 3 heteroatoms. The Hall–Kier alpha value is 0.270. The van der Waals surface area contributed by atoms with Crippen molar-refractivity contribution in [2.24, 2.45) is 0 Å². The van der Waals surface area contributed by atoms with Gasteiger partial charge in [0.1, 0.15) is 0 Å². The van der Waals surface area contributed by atoms with Crippen molar-refractivity contribution in [1.29, 1.82) is 0 Å². The van der Waals surface area contributed by atoms with E-state index in [-0.39, 0.29) is 0 Å². The summed E-state index contributed by atoms with van der Waals surface area (Å²) in [5, 5.41) is 8.38. The smallest absolute Gasteiger partial charge is 0.0917 e. The highest BCUT2D eigenvalue weighted by atomic mass is 32.2. The third-order valence-corrected chi connectivity index (χ3v) is 1.88. The summed E-state index contributed by atoms with van der Waals surface area (Å²) in [7, 11) is 1.69. The molecule has 0 aromatic rings. The maximum absolute atomic E-state index is 8.38. The lowest BCUT2D eigenvalue weighted by Gasteiger charge is -1.96. The standard InChI is InChI=1S/C6H14O2S/c1-8-6-9-5-3-2-4-7/h7H,2-6H2,1H3. The van der Waals surface area contributed by atoms with Crippen LogP contribution in [-0.2, 0) is 4.74 Å². The first-order valence-electron chi connectivity index (χ1n) is 3.09. The van der Waals surface area contributed by atoms with Gasteiger partial charge < -0.3 is 9.84 Å². The molecule has 0 atom stereocenters. The van der Waals surface area contributed by atoms with Crippen LogP contribution in [0.1, 0.15) is 12.8 Å². The Morgan fingerprint density at radius 3 is 2.78 bits per heavy atom. The van der Waals surface area contributed by atoms with Gasteiger partial charge in [0.2, 0.25) is 0 Å². The maximum atomic E-state index is 8.38. The molecule has 0 amide bonds. The van der Waals surface area contributed by atoms with Crippen LogP contribution < -0.4 is 0 Å². The van der Waals surface area contributed by atoms with Gasteiger partial charge >= 0.3 is 0 Å². The highest BCUT2D eigenvalue weighted by molar-refractivity contribution is 7.99. The van der Waals surface area contributed by atoms with Gasteiger partial charge in [0, 0.05) is 13.7 Å². The molecule has 0 rings (SSSR count). The van der Waals surface area contributed by atoms with Gasteiger partial charge in [-0.05, 0) is 18.6 Å². The molecule has 0 aromatic heterocycles. The average molecular weight is 150 g/mol. The van der Waals surface area contributed by atoms with E-state index in [4.69, 9.17) is 9.84 Å². The van der Waals surface area contributed by atoms with Gasteiger partial charge in [0.25, 0.3) is 0 Å². The molecule has 2 nitrogen and oxygen atoms in total. The molecule has 56 valence electrons. The van der Waals surface area contributed by atoms with Gasteiger partial charge in [-0.25, -0.2) is 0 Å². The minimum atomic E-state index is 0.313. The number of rotatable bonds is 6. The van der Waals surface area contributed by atoms with E-state index in [0.29, 0.717) is 6.61 Å². The largest absolute Gasteiger partial charge is 0.396 e. The molecule has 9 heavy (non-hydrogen) atoms. The van der Waals surface area contributed by atoms with E-state index in [0.717, 1.165) is 24.5 Å². The maximum Gasteiger partial charge on any atom is 0.0917 e. The molecule has 0 aliphatic carbocycles. The third kappa shape index (κ3) is 8.27. The minimum absolute atomic E-state index is 0.313. The highest BCUT2D eigenvalue weighted by Gasteiger charge is 1.86. The first-order valence-corrected chi connectivity index (χ1v) is 4.25. The summed E-state index contributed by atoms with van der Waals surface area (Å²) in [6, 6.07) is 0. The van der Waals surface area contributed by atoms with Crippen LogP contribution in [0.5, 0.6) is 0 Å². The Kier molecular flexibility index (Phi) is 8.52. The predicted octanol–water partition coefficient (Wildman–Crippen LogP) is 1.10. The van der Waals surface area contributed by atoms with E-state index >= 15 is 0 Å². The Morgan fingerprint density at radius 1 is 1.44 bits per heavy atom. The van der Waals surface area contributed by atoms with Crippen molar-refractivity contribution < 1.29 is 9.84 Å².